The van der Waals surface area contributed by atoms with Crippen LogP contribution in [0.4, 0.5) is 14.9 Å². The highest BCUT2D eigenvalue weighted by Crippen LogP contribution is 2.20. The highest BCUT2D eigenvalue weighted by molar-refractivity contribution is 5.90. The van der Waals surface area contributed by atoms with Crippen LogP contribution in [-0.2, 0) is 4.79 Å². The van der Waals surface area contributed by atoms with E-state index in [1.807, 2.05) is 13.8 Å². The molecule has 1 aliphatic rings. The van der Waals surface area contributed by atoms with E-state index in [0.717, 1.165) is 12.8 Å². The fourth-order valence-electron chi connectivity index (χ4n) is 2.62. The van der Waals surface area contributed by atoms with Gasteiger partial charge in [-0.3, -0.25) is 4.79 Å². The highest BCUT2D eigenvalue weighted by Gasteiger charge is 2.31. The number of likely N-dealkylation sites (tertiary alicyclic amines) is 1. The first kappa shape index (κ1) is 21.2. The van der Waals surface area contributed by atoms with Gasteiger partial charge in [0.15, 0.2) is 0 Å². The number of carbonyl (C=O) groups excluding carboxylic acids is 2. The molecule has 1 saturated heterocycles. The van der Waals surface area contributed by atoms with Crippen LogP contribution >= 0.6 is 12.4 Å². The maximum atomic E-state index is 13.6. The van der Waals surface area contributed by atoms with Gasteiger partial charge in [0.2, 0.25) is 5.91 Å². The number of nitrogens with zero attached hydrogens (tertiary/aromatic N) is 1. The molecule has 8 heteroatoms. The Morgan fingerprint density at radius 3 is 2.68 bits per heavy atom. The molecule has 0 bridgehead atoms. The van der Waals surface area contributed by atoms with E-state index in [1.54, 1.807) is 17.0 Å². The summed E-state index contributed by atoms with van der Waals surface area (Å²) < 4.78 is 13.6. The minimum Gasteiger partial charge on any atom is -0.350 e. The lowest BCUT2D eigenvalue weighted by Gasteiger charge is -2.34. The normalized spacial score (nSPS) is 17.4. The molecule has 25 heavy (non-hydrogen) atoms. The molecule has 0 aliphatic carbocycles. The van der Waals surface area contributed by atoms with Gasteiger partial charge in [-0.15, -0.1) is 12.4 Å². The molecule has 0 spiro atoms. The number of carbonyl (C=O) groups is 2. The van der Waals surface area contributed by atoms with Crippen molar-refractivity contribution in [2.75, 3.05) is 25.0 Å². The lowest BCUT2D eigenvalue weighted by atomic mass is 9.95. The van der Waals surface area contributed by atoms with E-state index in [2.05, 4.69) is 10.6 Å². The summed E-state index contributed by atoms with van der Waals surface area (Å²) in [5.74, 6) is -0.869. The molecule has 1 atom stereocenters. The van der Waals surface area contributed by atoms with Crippen LogP contribution in [-0.4, -0.2) is 42.0 Å². The van der Waals surface area contributed by atoms with Crippen LogP contribution in [0.2, 0.25) is 0 Å². The SMILES string of the molecule is CC(C)(CN)NC(=O)C1CCCN(C(=O)Nc2ccccc2F)C1.Cl. The Kier molecular flexibility index (Phi) is 7.63. The number of rotatable bonds is 4. The molecule has 1 aliphatic heterocycles. The summed E-state index contributed by atoms with van der Waals surface area (Å²) in [4.78, 5) is 26.2. The van der Waals surface area contributed by atoms with Gasteiger partial charge in [0.1, 0.15) is 5.82 Å². The third kappa shape index (κ3) is 5.86. The Hall–Kier alpha value is -1.86. The standard InChI is InChI=1S/C17H25FN4O2.ClH/c1-17(2,11-19)21-15(23)12-6-5-9-22(10-12)16(24)20-14-8-4-3-7-13(14)18;/h3-4,7-8,12H,5-6,9-11,19H2,1-2H3,(H,20,24)(H,21,23);1H. The first-order valence-electron chi connectivity index (χ1n) is 8.15. The molecule has 140 valence electrons. The molecule has 1 aromatic rings. The van der Waals surface area contributed by atoms with Crippen molar-refractivity contribution < 1.29 is 14.0 Å². The molecular formula is C17H26ClFN4O2. The van der Waals surface area contributed by atoms with Crippen molar-refractivity contribution in [3.05, 3.63) is 30.1 Å². The topological polar surface area (TPSA) is 87.5 Å². The van der Waals surface area contributed by atoms with Crippen molar-refractivity contribution in [2.24, 2.45) is 11.7 Å². The van der Waals surface area contributed by atoms with Gasteiger partial charge in [0, 0.05) is 25.2 Å². The van der Waals surface area contributed by atoms with Crippen LogP contribution in [0.15, 0.2) is 24.3 Å². The van der Waals surface area contributed by atoms with Crippen molar-refractivity contribution in [2.45, 2.75) is 32.2 Å². The zero-order chi connectivity index (χ0) is 17.7. The van der Waals surface area contributed by atoms with E-state index in [4.69, 9.17) is 5.73 Å². The molecule has 1 aromatic carbocycles. The van der Waals surface area contributed by atoms with Crippen molar-refractivity contribution in [3.63, 3.8) is 0 Å². The van der Waals surface area contributed by atoms with Gasteiger partial charge in [-0.25, -0.2) is 9.18 Å². The zero-order valence-electron chi connectivity index (χ0n) is 14.5. The lowest BCUT2D eigenvalue weighted by molar-refractivity contribution is -0.127. The highest BCUT2D eigenvalue weighted by atomic mass is 35.5. The van der Waals surface area contributed by atoms with Crippen LogP contribution in [0.25, 0.3) is 0 Å². The minimum absolute atomic E-state index is 0. The fraction of sp³-hybridized carbons (Fsp3) is 0.529. The summed E-state index contributed by atoms with van der Waals surface area (Å²) in [7, 11) is 0. The van der Waals surface area contributed by atoms with Crippen LogP contribution in [0, 0.1) is 11.7 Å². The summed E-state index contributed by atoms with van der Waals surface area (Å²) in [6, 6.07) is 5.61. The van der Waals surface area contributed by atoms with Crippen molar-refractivity contribution in [3.8, 4) is 0 Å². The van der Waals surface area contributed by atoms with Crippen LogP contribution < -0.4 is 16.4 Å². The number of anilines is 1. The number of para-hydroxylation sites is 1. The van der Waals surface area contributed by atoms with Crippen LogP contribution in [0.1, 0.15) is 26.7 Å². The van der Waals surface area contributed by atoms with Crippen LogP contribution in [0.5, 0.6) is 0 Å². The monoisotopic (exact) mass is 372 g/mol. The van der Waals surface area contributed by atoms with E-state index >= 15 is 0 Å². The molecule has 3 amide bonds. The molecular weight excluding hydrogens is 347 g/mol. The number of hydrogen-bond acceptors (Lipinski definition) is 3. The smallest absolute Gasteiger partial charge is 0.321 e. The van der Waals surface area contributed by atoms with Gasteiger partial charge in [-0.05, 0) is 38.8 Å². The van der Waals surface area contributed by atoms with Crippen molar-refractivity contribution in [1.29, 1.82) is 0 Å². The second-order valence-corrected chi connectivity index (χ2v) is 6.77. The molecule has 4 N–H and O–H groups in total. The van der Waals surface area contributed by atoms with Gasteiger partial charge in [-0.1, -0.05) is 12.1 Å². The Labute approximate surface area is 153 Å². The number of nitrogens with two attached hydrogens (primary N) is 1. The quantitative estimate of drug-likeness (QED) is 0.758. The Balaban J connectivity index is 0.00000312. The third-order valence-electron chi connectivity index (χ3n) is 4.17. The summed E-state index contributed by atoms with van der Waals surface area (Å²) in [6.45, 7) is 4.91. The van der Waals surface area contributed by atoms with Crippen molar-refractivity contribution in [1.82, 2.24) is 10.2 Å². The molecule has 2 rings (SSSR count). The molecule has 1 unspecified atom stereocenters. The van der Waals surface area contributed by atoms with E-state index < -0.39 is 17.4 Å². The molecule has 0 radical (unpaired) electrons. The molecule has 0 saturated carbocycles. The third-order valence-corrected chi connectivity index (χ3v) is 4.17. The number of benzene rings is 1. The number of urea groups is 1. The number of nitrogens with one attached hydrogen (secondary N) is 2. The second-order valence-electron chi connectivity index (χ2n) is 6.77. The van der Waals surface area contributed by atoms with Crippen LogP contribution in [0.3, 0.4) is 0 Å². The Morgan fingerprint density at radius 1 is 1.36 bits per heavy atom. The summed E-state index contributed by atoms with van der Waals surface area (Å²) in [6.07, 6.45) is 1.45. The van der Waals surface area contributed by atoms with Gasteiger partial charge in [-0.2, -0.15) is 0 Å². The Morgan fingerprint density at radius 2 is 2.04 bits per heavy atom. The first-order chi connectivity index (χ1) is 11.3. The van der Waals surface area contributed by atoms with Gasteiger partial charge >= 0.3 is 6.03 Å². The molecule has 1 heterocycles. The molecule has 6 nitrogen and oxygen atoms in total. The minimum atomic E-state index is -0.484. The fourth-order valence-corrected chi connectivity index (χ4v) is 2.62. The number of piperidine rings is 1. The molecule has 1 fully saturated rings. The summed E-state index contributed by atoms with van der Waals surface area (Å²) >= 11 is 0. The summed E-state index contributed by atoms with van der Waals surface area (Å²) in [5.41, 5.74) is 5.29. The predicted molar refractivity (Wildman–Crippen MR) is 98.2 cm³/mol. The average Bonchev–Trinajstić information content (AvgIpc) is 2.56. The van der Waals surface area contributed by atoms with Gasteiger partial charge in [0.05, 0.1) is 11.6 Å². The lowest BCUT2D eigenvalue weighted by Crippen LogP contribution is -2.54. The van der Waals surface area contributed by atoms with Gasteiger partial charge < -0.3 is 21.3 Å². The average molecular weight is 373 g/mol. The molecule has 0 aromatic heterocycles. The Bertz CT molecular complexity index is 612. The van der Waals surface area contributed by atoms with E-state index in [9.17, 15) is 14.0 Å². The summed E-state index contributed by atoms with van der Waals surface area (Å²) in [5, 5.41) is 5.47. The number of amides is 3. The predicted octanol–water partition coefficient (Wildman–Crippen LogP) is 2.34. The number of hydrogen-bond donors (Lipinski definition) is 3. The van der Waals surface area contributed by atoms with Gasteiger partial charge in [0.25, 0.3) is 0 Å². The number of halogens is 2. The van der Waals surface area contributed by atoms with Crippen molar-refractivity contribution >= 4 is 30.0 Å². The van der Waals surface area contributed by atoms with E-state index in [1.165, 1.54) is 12.1 Å². The largest absolute Gasteiger partial charge is 0.350 e. The first-order valence-corrected chi connectivity index (χ1v) is 8.15. The maximum absolute atomic E-state index is 13.6. The second kappa shape index (κ2) is 9.01. The van der Waals surface area contributed by atoms with E-state index in [-0.39, 0.29) is 29.9 Å². The maximum Gasteiger partial charge on any atom is 0.321 e. The zero-order valence-corrected chi connectivity index (χ0v) is 15.4. The van der Waals surface area contributed by atoms with E-state index in [0.29, 0.717) is 19.6 Å².